The minimum atomic E-state index is 0.785. The van der Waals surface area contributed by atoms with Gasteiger partial charge in [-0.15, -0.1) is 0 Å². The Balaban J connectivity index is 1.96. The Hall–Kier alpha value is -0.0800. The number of hydrogen-bond donors (Lipinski definition) is 1. The molecule has 1 fully saturated rings. The second-order valence-electron chi connectivity index (χ2n) is 7.02. The van der Waals surface area contributed by atoms with E-state index in [0.717, 1.165) is 12.0 Å². The average molecular weight is 283 g/mol. The van der Waals surface area contributed by atoms with Gasteiger partial charge >= 0.3 is 0 Å². The smallest absolute Gasteiger partial charge is 0.00797 e. The molecule has 2 heteroatoms. The first-order valence-corrected chi connectivity index (χ1v) is 9.18. The van der Waals surface area contributed by atoms with Crippen LogP contribution in [0.2, 0.25) is 0 Å². The molecule has 20 heavy (non-hydrogen) atoms. The van der Waals surface area contributed by atoms with Crippen LogP contribution in [-0.4, -0.2) is 37.1 Å². The lowest BCUT2D eigenvalue weighted by atomic mass is 10.0. The van der Waals surface area contributed by atoms with Crippen LogP contribution in [0.5, 0.6) is 0 Å². The third-order valence-electron chi connectivity index (χ3n) is 4.50. The monoisotopic (exact) mass is 282 g/mol. The summed E-state index contributed by atoms with van der Waals surface area (Å²) in [6, 6.07) is 0.785. The van der Waals surface area contributed by atoms with Crippen LogP contribution in [0.4, 0.5) is 0 Å². The Morgan fingerprint density at radius 1 is 1.05 bits per heavy atom. The van der Waals surface area contributed by atoms with Gasteiger partial charge in [0.1, 0.15) is 0 Å². The summed E-state index contributed by atoms with van der Waals surface area (Å²) in [7, 11) is 0. The Labute approximate surface area is 127 Å². The number of rotatable bonds is 10. The van der Waals surface area contributed by atoms with Crippen LogP contribution in [-0.2, 0) is 0 Å². The Morgan fingerprint density at radius 2 is 1.85 bits per heavy atom. The number of hydrogen-bond acceptors (Lipinski definition) is 2. The highest BCUT2D eigenvalue weighted by molar-refractivity contribution is 4.74. The molecule has 1 rings (SSSR count). The third kappa shape index (κ3) is 8.97. The maximum absolute atomic E-state index is 3.80. The fraction of sp³-hybridized carbons (Fsp3) is 1.00. The zero-order valence-electron chi connectivity index (χ0n) is 14.3. The second kappa shape index (κ2) is 11.6. The lowest BCUT2D eigenvalue weighted by Crippen LogP contribution is -2.31. The van der Waals surface area contributed by atoms with Crippen LogP contribution in [0.3, 0.4) is 0 Å². The van der Waals surface area contributed by atoms with Crippen molar-refractivity contribution < 1.29 is 0 Å². The van der Waals surface area contributed by atoms with E-state index in [1.165, 1.54) is 84.0 Å². The van der Waals surface area contributed by atoms with Gasteiger partial charge < -0.3 is 10.2 Å². The maximum atomic E-state index is 3.80. The molecule has 0 aromatic rings. The highest BCUT2D eigenvalue weighted by Crippen LogP contribution is 2.12. The highest BCUT2D eigenvalue weighted by Gasteiger charge is 2.15. The van der Waals surface area contributed by atoms with E-state index in [2.05, 4.69) is 31.0 Å². The first kappa shape index (κ1) is 18.0. The van der Waals surface area contributed by atoms with Gasteiger partial charge in [-0.2, -0.15) is 0 Å². The van der Waals surface area contributed by atoms with Crippen molar-refractivity contribution >= 4 is 0 Å². The van der Waals surface area contributed by atoms with Crippen molar-refractivity contribution in [2.24, 2.45) is 5.92 Å². The molecule has 0 aromatic carbocycles. The first-order chi connectivity index (χ1) is 9.72. The fourth-order valence-electron chi connectivity index (χ4n) is 3.24. The van der Waals surface area contributed by atoms with E-state index in [9.17, 15) is 0 Å². The van der Waals surface area contributed by atoms with E-state index in [-0.39, 0.29) is 0 Å². The van der Waals surface area contributed by atoms with Crippen molar-refractivity contribution in [2.45, 2.75) is 84.6 Å². The molecule has 1 unspecified atom stereocenters. The molecule has 0 bridgehead atoms. The summed E-state index contributed by atoms with van der Waals surface area (Å²) < 4.78 is 0. The average Bonchev–Trinajstić information content (AvgIpc) is 2.63. The molecule has 2 nitrogen and oxygen atoms in total. The largest absolute Gasteiger partial charge is 0.314 e. The van der Waals surface area contributed by atoms with Crippen LogP contribution in [0.15, 0.2) is 0 Å². The number of nitrogens with zero attached hydrogens (tertiary/aromatic N) is 1. The van der Waals surface area contributed by atoms with E-state index >= 15 is 0 Å². The molecular formula is C18H38N2. The first-order valence-electron chi connectivity index (χ1n) is 9.18. The topological polar surface area (TPSA) is 15.3 Å². The maximum Gasteiger partial charge on any atom is 0.00797 e. The molecule has 1 N–H and O–H groups in total. The molecule has 0 spiro atoms. The predicted molar refractivity (Wildman–Crippen MR) is 90.3 cm³/mol. The quantitative estimate of drug-likeness (QED) is 0.596. The molecule has 120 valence electrons. The predicted octanol–water partition coefficient (Wildman–Crippen LogP) is 4.45. The van der Waals surface area contributed by atoms with Crippen molar-refractivity contribution in [2.75, 3.05) is 26.2 Å². The van der Waals surface area contributed by atoms with Crippen molar-refractivity contribution in [1.82, 2.24) is 10.2 Å². The van der Waals surface area contributed by atoms with Gasteiger partial charge in [0.25, 0.3) is 0 Å². The molecular weight excluding hydrogens is 244 g/mol. The van der Waals surface area contributed by atoms with Gasteiger partial charge in [-0.05, 0) is 64.2 Å². The molecule has 0 radical (unpaired) electrons. The number of unbranched alkanes of at least 4 members (excludes halogenated alkanes) is 3. The van der Waals surface area contributed by atoms with E-state index < -0.39 is 0 Å². The van der Waals surface area contributed by atoms with Gasteiger partial charge in [-0.25, -0.2) is 0 Å². The van der Waals surface area contributed by atoms with Crippen molar-refractivity contribution in [3.8, 4) is 0 Å². The highest BCUT2D eigenvalue weighted by atomic mass is 15.1. The molecule has 1 atom stereocenters. The number of likely N-dealkylation sites (tertiary alicyclic amines) is 1. The van der Waals surface area contributed by atoms with Gasteiger partial charge in [0, 0.05) is 6.04 Å². The summed E-state index contributed by atoms with van der Waals surface area (Å²) in [5.74, 6) is 0.880. The minimum Gasteiger partial charge on any atom is -0.314 e. The number of nitrogens with one attached hydrogen (secondary N) is 1. The van der Waals surface area contributed by atoms with E-state index in [4.69, 9.17) is 0 Å². The summed E-state index contributed by atoms with van der Waals surface area (Å²) in [6.45, 7) is 12.1. The van der Waals surface area contributed by atoms with E-state index in [1.54, 1.807) is 0 Å². The van der Waals surface area contributed by atoms with E-state index in [1.807, 2.05) is 0 Å². The van der Waals surface area contributed by atoms with Crippen molar-refractivity contribution in [3.05, 3.63) is 0 Å². The normalized spacial score (nSPS) is 21.3. The summed E-state index contributed by atoms with van der Waals surface area (Å²) in [5, 5.41) is 3.80. The van der Waals surface area contributed by atoms with Gasteiger partial charge in [-0.3, -0.25) is 0 Å². The summed E-state index contributed by atoms with van der Waals surface area (Å²) in [4.78, 5) is 2.65. The third-order valence-corrected chi connectivity index (χ3v) is 4.50. The zero-order valence-corrected chi connectivity index (χ0v) is 14.3. The molecule has 0 aliphatic carbocycles. The van der Waals surface area contributed by atoms with Crippen molar-refractivity contribution in [3.63, 3.8) is 0 Å². The van der Waals surface area contributed by atoms with Crippen LogP contribution >= 0.6 is 0 Å². The minimum absolute atomic E-state index is 0.785. The Kier molecular flexibility index (Phi) is 10.4. The lowest BCUT2D eigenvalue weighted by molar-refractivity contribution is 0.282. The Bertz CT molecular complexity index is 215. The molecule has 1 aliphatic rings. The summed E-state index contributed by atoms with van der Waals surface area (Å²) in [5.41, 5.74) is 0. The summed E-state index contributed by atoms with van der Waals surface area (Å²) in [6.07, 6.45) is 12.5. The van der Waals surface area contributed by atoms with Gasteiger partial charge in [0.2, 0.25) is 0 Å². The van der Waals surface area contributed by atoms with Crippen LogP contribution in [0, 0.1) is 5.92 Å². The van der Waals surface area contributed by atoms with Gasteiger partial charge in [0.05, 0.1) is 0 Å². The Morgan fingerprint density at radius 3 is 2.60 bits per heavy atom. The summed E-state index contributed by atoms with van der Waals surface area (Å²) >= 11 is 0. The van der Waals surface area contributed by atoms with Crippen LogP contribution < -0.4 is 5.32 Å². The lowest BCUT2D eigenvalue weighted by Gasteiger charge is -2.19. The molecule has 0 saturated carbocycles. The second-order valence-corrected chi connectivity index (χ2v) is 7.02. The van der Waals surface area contributed by atoms with Gasteiger partial charge in [-0.1, -0.05) is 46.5 Å². The standard InChI is InChI=1S/C18H38N2/c1-4-14-20-15-9-11-18(12-16-20)19-13-8-6-5-7-10-17(2)3/h17-19H,4-16H2,1-3H3. The fourth-order valence-corrected chi connectivity index (χ4v) is 3.24. The van der Waals surface area contributed by atoms with E-state index in [0.29, 0.717) is 0 Å². The molecule has 1 heterocycles. The van der Waals surface area contributed by atoms with Crippen LogP contribution in [0.25, 0.3) is 0 Å². The SMILES string of the molecule is CCCN1CCCC(NCCCCCCC(C)C)CC1. The van der Waals surface area contributed by atoms with Crippen LogP contribution in [0.1, 0.15) is 78.6 Å². The molecule has 0 aromatic heterocycles. The zero-order chi connectivity index (χ0) is 14.6. The van der Waals surface area contributed by atoms with Gasteiger partial charge in [0.15, 0.2) is 0 Å². The molecule has 1 aliphatic heterocycles. The molecule has 0 amide bonds. The van der Waals surface area contributed by atoms with Crippen molar-refractivity contribution in [1.29, 1.82) is 0 Å². The molecule has 1 saturated heterocycles.